The summed E-state index contributed by atoms with van der Waals surface area (Å²) < 4.78 is 0. The van der Waals surface area contributed by atoms with Gasteiger partial charge in [0, 0.05) is 0 Å². The molecule has 0 aliphatic rings. The molecule has 0 radical (unpaired) electrons. The van der Waals surface area contributed by atoms with E-state index in [-0.39, 0.29) is 6.04 Å². The summed E-state index contributed by atoms with van der Waals surface area (Å²) in [4.78, 5) is 0. The molecule has 2 rings (SSSR count). The van der Waals surface area contributed by atoms with E-state index in [0.29, 0.717) is 10.0 Å². The van der Waals surface area contributed by atoms with Crippen LogP contribution in [0, 0.1) is 6.92 Å². The van der Waals surface area contributed by atoms with E-state index in [9.17, 15) is 0 Å². The van der Waals surface area contributed by atoms with Gasteiger partial charge in [-0.1, -0.05) is 59.6 Å². The third-order valence-corrected chi connectivity index (χ3v) is 3.91. The van der Waals surface area contributed by atoms with E-state index in [1.54, 1.807) is 6.07 Å². The number of hydrogen-bond donors (Lipinski definition) is 1. The first-order valence-electron chi connectivity index (χ1n) is 5.82. The predicted molar refractivity (Wildman–Crippen MR) is 78.5 cm³/mol. The van der Waals surface area contributed by atoms with Crippen molar-refractivity contribution in [2.24, 2.45) is 0 Å². The van der Waals surface area contributed by atoms with E-state index in [0.717, 1.165) is 5.56 Å². The second-order valence-corrected chi connectivity index (χ2v) is 5.01. The molecule has 0 aromatic heterocycles. The average Bonchev–Trinajstić information content (AvgIpc) is 2.37. The van der Waals surface area contributed by atoms with Gasteiger partial charge in [0.05, 0.1) is 16.1 Å². The third kappa shape index (κ3) is 2.54. The van der Waals surface area contributed by atoms with Crippen molar-refractivity contribution >= 4 is 23.2 Å². The molecule has 0 spiro atoms. The van der Waals surface area contributed by atoms with Gasteiger partial charge in [-0.15, -0.1) is 0 Å². The summed E-state index contributed by atoms with van der Waals surface area (Å²) in [7, 11) is 1.92. The van der Waals surface area contributed by atoms with Crippen molar-refractivity contribution in [2.45, 2.75) is 13.0 Å². The fourth-order valence-corrected chi connectivity index (χ4v) is 2.55. The van der Waals surface area contributed by atoms with Crippen LogP contribution in [0.3, 0.4) is 0 Å². The number of aryl methyl sites for hydroxylation is 1. The maximum atomic E-state index is 6.30. The van der Waals surface area contributed by atoms with Crippen LogP contribution in [0.5, 0.6) is 0 Å². The lowest BCUT2D eigenvalue weighted by atomic mass is 9.95. The highest BCUT2D eigenvalue weighted by Gasteiger charge is 2.17. The first-order valence-corrected chi connectivity index (χ1v) is 6.57. The molecule has 0 aliphatic carbocycles. The van der Waals surface area contributed by atoms with Crippen molar-refractivity contribution in [3.05, 3.63) is 69.2 Å². The minimum absolute atomic E-state index is 0.0531. The molecule has 1 unspecified atom stereocenters. The summed E-state index contributed by atoms with van der Waals surface area (Å²) in [6, 6.07) is 14.0. The predicted octanol–water partition coefficient (Wildman–Crippen LogP) is 4.61. The van der Waals surface area contributed by atoms with Gasteiger partial charge in [0.15, 0.2) is 0 Å². The van der Waals surface area contributed by atoms with Gasteiger partial charge >= 0.3 is 0 Å². The van der Waals surface area contributed by atoms with Crippen molar-refractivity contribution in [3.63, 3.8) is 0 Å². The highest BCUT2D eigenvalue weighted by molar-refractivity contribution is 6.42. The maximum Gasteiger partial charge on any atom is 0.0643 e. The molecule has 0 fully saturated rings. The minimum Gasteiger partial charge on any atom is -0.309 e. The largest absolute Gasteiger partial charge is 0.309 e. The minimum atomic E-state index is 0.0531. The zero-order valence-electron chi connectivity index (χ0n) is 10.4. The maximum absolute atomic E-state index is 6.30. The van der Waals surface area contributed by atoms with Gasteiger partial charge in [-0.05, 0) is 36.7 Å². The summed E-state index contributed by atoms with van der Waals surface area (Å²) in [5, 5.41) is 4.50. The summed E-state index contributed by atoms with van der Waals surface area (Å²) in [5.74, 6) is 0. The van der Waals surface area contributed by atoms with Gasteiger partial charge < -0.3 is 5.32 Å². The summed E-state index contributed by atoms with van der Waals surface area (Å²) in [5.41, 5.74) is 3.44. The fraction of sp³-hybridized carbons (Fsp3) is 0.200. The normalized spacial score (nSPS) is 12.4. The van der Waals surface area contributed by atoms with Crippen LogP contribution in [-0.2, 0) is 0 Å². The van der Waals surface area contributed by atoms with Crippen LogP contribution in [0.2, 0.25) is 10.0 Å². The monoisotopic (exact) mass is 279 g/mol. The zero-order chi connectivity index (χ0) is 13.1. The van der Waals surface area contributed by atoms with Crippen molar-refractivity contribution in [3.8, 4) is 0 Å². The Kier molecular flexibility index (Phi) is 4.28. The second-order valence-electron chi connectivity index (χ2n) is 4.22. The molecule has 3 heteroatoms. The van der Waals surface area contributed by atoms with Crippen LogP contribution in [0.25, 0.3) is 0 Å². The van der Waals surface area contributed by atoms with Crippen LogP contribution >= 0.6 is 23.2 Å². The molecule has 1 nitrogen and oxygen atoms in total. The number of benzene rings is 2. The molecule has 2 aromatic carbocycles. The van der Waals surface area contributed by atoms with E-state index in [4.69, 9.17) is 23.2 Å². The van der Waals surface area contributed by atoms with Crippen LogP contribution in [-0.4, -0.2) is 7.05 Å². The van der Waals surface area contributed by atoms with Crippen molar-refractivity contribution < 1.29 is 0 Å². The van der Waals surface area contributed by atoms with Crippen LogP contribution in [0.1, 0.15) is 22.7 Å². The Balaban J connectivity index is 2.53. The van der Waals surface area contributed by atoms with Gasteiger partial charge in [0.25, 0.3) is 0 Å². The van der Waals surface area contributed by atoms with Gasteiger partial charge in [0.2, 0.25) is 0 Å². The Hall–Kier alpha value is -1.02. The van der Waals surface area contributed by atoms with Crippen molar-refractivity contribution in [1.29, 1.82) is 0 Å². The number of halogens is 2. The van der Waals surface area contributed by atoms with Gasteiger partial charge in [-0.3, -0.25) is 0 Å². The first kappa shape index (κ1) is 13.4. The van der Waals surface area contributed by atoms with E-state index in [2.05, 4.69) is 24.4 Å². The quantitative estimate of drug-likeness (QED) is 0.865. The summed E-state index contributed by atoms with van der Waals surface area (Å²) in [6.07, 6.45) is 0. The van der Waals surface area contributed by atoms with E-state index in [1.165, 1.54) is 11.1 Å². The SMILES string of the molecule is CNC(c1ccccc1C)c1cccc(Cl)c1Cl. The molecule has 94 valence electrons. The molecule has 0 amide bonds. The molecule has 0 heterocycles. The molecule has 2 aromatic rings. The Morgan fingerprint density at radius 2 is 1.61 bits per heavy atom. The van der Waals surface area contributed by atoms with Crippen molar-refractivity contribution in [2.75, 3.05) is 7.05 Å². The summed E-state index contributed by atoms with van der Waals surface area (Å²) >= 11 is 12.4. The first-order chi connectivity index (χ1) is 8.65. The lowest BCUT2D eigenvalue weighted by molar-refractivity contribution is 0.688. The fourth-order valence-electron chi connectivity index (χ4n) is 2.13. The van der Waals surface area contributed by atoms with Crippen LogP contribution in [0.15, 0.2) is 42.5 Å². The lowest BCUT2D eigenvalue weighted by Crippen LogP contribution is -2.19. The number of nitrogens with one attached hydrogen (secondary N) is 1. The molecule has 0 bridgehead atoms. The highest BCUT2D eigenvalue weighted by Crippen LogP contribution is 2.33. The molecule has 1 N–H and O–H groups in total. The lowest BCUT2D eigenvalue weighted by Gasteiger charge is -2.20. The van der Waals surface area contributed by atoms with Gasteiger partial charge in [-0.25, -0.2) is 0 Å². The molecule has 0 saturated heterocycles. The van der Waals surface area contributed by atoms with Crippen LogP contribution < -0.4 is 5.32 Å². The summed E-state index contributed by atoms with van der Waals surface area (Å²) in [6.45, 7) is 2.10. The Labute approximate surface area is 118 Å². The topological polar surface area (TPSA) is 12.0 Å². The molecular weight excluding hydrogens is 265 g/mol. The molecule has 1 atom stereocenters. The molecule has 0 saturated carbocycles. The molecule has 0 aliphatic heterocycles. The highest BCUT2D eigenvalue weighted by atomic mass is 35.5. The van der Waals surface area contributed by atoms with Crippen LogP contribution in [0.4, 0.5) is 0 Å². The Bertz CT molecular complexity index is 552. The Morgan fingerprint density at radius 1 is 0.944 bits per heavy atom. The average molecular weight is 280 g/mol. The van der Waals surface area contributed by atoms with E-state index < -0.39 is 0 Å². The molecular formula is C15H15Cl2N. The number of hydrogen-bond acceptors (Lipinski definition) is 1. The zero-order valence-corrected chi connectivity index (χ0v) is 11.9. The van der Waals surface area contributed by atoms with E-state index >= 15 is 0 Å². The van der Waals surface area contributed by atoms with Crippen molar-refractivity contribution in [1.82, 2.24) is 5.32 Å². The molecule has 18 heavy (non-hydrogen) atoms. The number of rotatable bonds is 3. The van der Waals surface area contributed by atoms with Gasteiger partial charge in [-0.2, -0.15) is 0 Å². The van der Waals surface area contributed by atoms with E-state index in [1.807, 2.05) is 31.3 Å². The standard InChI is InChI=1S/C15H15Cl2N/c1-10-6-3-4-7-11(10)15(18-2)12-8-5-9-13(16)14(12)17/h3-9,15,18H,1-2H3. The third-order valence-electron chi connectivity index (χ3n) is 3.08. The second kappa shape index (κ2) is 5.75. The van der Waals surface area contributed by atoms with Gasteiger partial charge in [0.1, 0.15) is 0 Å². The smallest absolute Gasteiger partial charge is 0.0643 e. The Morgan fingerprint density at radius 3 is 2.28 bits per heavy atom.